The third kappa shape index (κ3) is 4.26. The van der Waals surface area contributed by atoms with Crippen molar-refractivity contribution in [2.24, 2.45) is 17.8 Å². The van der Waals surface area contributed by atoms with Crippen LogP contribution in [0.25, 0.3) is 16.5 Å². The zero-order valence-electron chi connectivity index (χ0n) is 19.1. The van der Waals surface area contributed by atoms with Crippen molar-refractivity contribution in [3.8, 4) is 0 Å². The van der Waals surface area contributed by atoms with Crippen LogP contribution in [0.2, 0.25) is 0 Å². The Hall–Kier alpha value is -2.07. The highest BCUT2D eigenvalue weighted by molar-refractivity contribution is 5.89. The van der Waals surface area contributed by atoms with Gasteiger partial charge in [-0.25, -0.2) is 4.39 Å². The van der Waals surface area contributed by atoms with Crippen LogP contribution >= 0.6 is 0 Å². The Balaban J connectivity index is 0.00000136. The minimum absolute atomic E-state index is 0. The molecule has 2 aromatic rings. The Morgan fingerprint density at radius 2 is 2.00 bits per heavy atom. The van der Waals surface area contributed by atoms with Crippen LogP contribution in [0.5, 0.6) is 0 Å². The van der Waals surface area contributed by atoms with Crippen molar-refractivity contribution in [3.63, 3.8) is 0 Å². The molecular formula is C28H43FN2O. The van der Waals surface area contributed by atoms with E-state index in [-0.39, 0.29) is 22.0 Å². The first kappa shape index (κ1) is 23.1. The molecule has 3 aliphatic rings. The third-order valence-corrected chi connectivity index (χ3v) is 7.91. The molecule has 0 amide bonds. The molecule has 2 saturated carbocycles. The number of fused-ring (bicyclic) bond motifs is 2. The fraction of sp³-hybridized carbons (Fsp3) is 0.571. The van der Waals surface area contributed by atoms with Crippen LogP contribution in [0.1, 0.15) is 78.0 Å². The largest absolute Gasteiger partial charge is 0.501 e. The molecule has 2 N–H and O–H groups in total. The topological polar surface area (TPSA) is 37.0 Å². The second-order valence-electron chi connectivity index (χ2n) is 9.91. The molecule has 1 heterocycles. The highest BCUT2D eigenvalue weighted by Crippen LogP contribution is 2.56. The van der Waals surface area contributed by atoms with Crippen LogP contribution in [0.3, 0.4) is 0 Å². The van der Waals surface area contributed by atoms with Crippen molar-refractivity contribution in [1.29, 1.82) is 0 Å². The quantitative estimate of drug-likeness (QED) is 0.449. The van der Waals surface area contributed by atoms with Crippen molar-refractivity contribution in [3.05, 3.63) is 52.7 Å². The highest BCUT2D eigenvalue weighted by atomic mass is 19.1. The van der Waals surface area contributed by atoms with Gasteiger partial charge in [-0.1, -0.05) is 26.3 Å². The zero-order chi connectivity index (χ0) is 21.5. The van der Waals surface area contributed by atoms with E-state index in [0.717, 1.165) is 41.4 Å². The Labute approximate surface area is 195 Å². The van der Waals surface area contributed by atoms with E-state index >= 15 is 0 Å². The molecule has 3 aliphatic carbocycles. The fourth-order valence-electron chi connectivity index (χ4n) is 6.03. The maximum Gasteiger partial charge on any atom is 0.132 e. The maximum atomic E-state index is 14.9. The summed E-state index contributed by atoms with van der Waals surface area (Å²) in [5.41, 5.74) is 5.68. The SMILES string of the molecule is C.CNCCC1CCCC(c2cc(C)c3cc(C4=C(F)C=C(OC)C5CC45)[nH]c3c2)CC1.[HH].[HH]. The first-order valence-corrected chi connectivity index (χ1v) is 12.0. The smallest absolute Gasteiger partial charge is 0.132 e. The fourth-order valence-corrected chi connectivity index (χ4v) is 6.03. The van der Waals surface area contributed by atoms with E-state index in [1.807, 2.05) is 7.05 Å². The van der Waals surface area contributed by atoms with Crippen LogP contribution < -0.4 is 5.32 Å². The van der Waals surface area contributed by atoms with Gasteiger partial charge in [-0.3, -0.25) is 0 Å². The molecule has 0 aliphatic heterocycles. The van der Waals surface area contributed by atoms with Gasteiger partial charge in [0.25, 0.3) is 0 Å². The van der Waals surface area contributed by atoms with Crippen molar-refractivity contribution >= 4 is 16.5 Å². The molecular weight excluding hydrogens is 399 g/mol. The lowest BCUT2D eigenvalue weighted by atomic mass is 9.89. The van der Waals surface area contributed by atoms with Crippen LogP contribution in [-0.2, 0) is 4.74 Å². The van der Waals surface area contributed by atoms with Crippen LogP contribution in [0.4, 0.5) is 4.39 Å². The standard InChI is InChI=1S/C27H35FN2O.CH4.2H2/c1-16-11-19(18-6-4-5-17(7-8-18)9-10-29-2)12-24-20(16)14-25(30-24)27-22-13-21(22)26(31-3)15-23(27)28;;;/h11-12,14-15,17-18,21-22,29-30H,4-10,13H2,1-3H3;1H4;2*1H. The summed E-state index contributed by atoms with van der Waals surface area (Å²) in [6.07, 6.45) is 10.4. The van der Waals surface area contributed by atoms with Crippen LogP contribution in [0.15, 0.2) is 35.9 Å². The van der Waals surface area contributed by atoms with E-state index in [2.05, 4.69) is 35.4 Å². The van der Waals surface area contributed by atoms with Gasteiger partial charge in [-0.05, 0) is 93.6 Å². The number of rotatable bonds is 6. The van der Waals surface area contributed by atoms with Gasteiger partial charge in [0, 0.05) is 37.0 Å². The molecule has 2 fully saturated rings. The monoisotopic (exact) mass is 442 g/mol. The number of methoxy groups -OCH3 is 1. The molecule has 32 heavy (non-hydrogen) atoms. The molecule has 1 aromatic heterocycles. The average Bonchev–Trinajstić information content (AvgIpc) is 3.48. The lowest BCUT2D eigenvalue weighted by molar-refractivity contribution is 0.265. The normalized spacial score (nSPS) is 27.4. The van der Waals surface area contributed by atoms with Gasteiger partial charge in [0.1, 0.15) is 11.6 Å². The summed E-state index contributed by atoms with van der Waals surface area (Å²) >= 11 is 0. The molecule has 3 nitrogen and oxygen atoms in total. The minimum atomic E-state index is -0.142. The molecule has 4 heteroatoms. The molecule has 5 rings (SSSR count). The van der Waals surface area contributed by atoms with E-state index in [1.165, 1.54) is 55.0 Å². The number of aromatic nitrogens is 1. The maximum absolute atomic E-state index is 14.9. The number of aryl methyl sites for hydroxylation is 1. The number of nitrogens with one attached hydrogen (secondary N) is 2. The summed E-state index contributed by atoms with van der Waals surface area (Å²) in [5, 5.41) is 4.53. The van der Waals surface area contributed by atoms with E-state index in [1.54, 1.807) is 13.2 Å². The van der Waals surface area contributed by atoms with Crippen molar-refractivity contribution < 1.29 is 12.0 Å². The lowest BCUT2D eigenvalue weighted by Crippen LogP contribution is -2.12. The van der Waals surface area contributed by atoms with Gasteiger partial charge in [0.2, 0.25) is 0 Å². The van der Waals surface area contributed by atoms with Gasteiger partial charge < -0.3 is 15.0 Å². The molecule has 0 spiro atoms. The lowest BCUT2D eigenvalue weighted by Gasteiger charge is -2.17. The molecule has 0 bridgehead atoms. The third-order valence-electron chi connectivity index (χ3n) is 7.91. The summed E-state index contributed by atoms with van der Waals surface area (Å²) in [6, 6.07) is 6.88. The number of benzene rings is 1. The first-order chi connectivity index (χ1) is 15.1. The Morgan fingerprint density at radius 1 is 1.16 bits per heavy atom. The van der Waals surface area contributed by atoms with E-state index in [9.17, 15) is 4.39 Å². The van der Waals surface area contributed by atoms with Crippen molar-refractivity contribution in [2.45, 2.75) is 65.2 Å². The van der Waals surface area contributed by atoms with Gasteiger partial charge in [-0.2, -0.15) is 0 Å². The molecule has 4 atom stereocenters. The van der Waals surface area contributed by atoms with Gasteiger partial charge in [0.15, 0.2) is 0 Å². The number of H-pyrrole nitrogens is 1. The molecule has 1 aromatic carbocycles. The number of halogens is 1. The number of hydrogen-bond acceptors (Lipinski definition) is 2. The number of hydrogen-bond donors (Lipinski definition) is 2. The molecule has 0 saturated heterocycles. The number of allylic oxidation sites excluding steroid dienone is 4. The average molecular weight is 443 g/mol. The van der Waals surface area contributed by atoms with Gasteiger partial charge >= 0.3 is 0 Å². The molecule has 0 radical (unpaired) electrons. The van der Waals surface area contributed by atoms with E-state index in [4.69, 9.17) is 4.74 Å². The predicted octanol–water partition coefficient (Wildman–Crippen LogP) is 7.74. The first-order valence-electron chi connectivity index (χ1n) is 12.0. The van der Waals surface area contributed by atoms with Crippen molar-refractivity contribution in [1.82, 2.24) is 10.3 Å². The Bertz CT molecular complexity index is 1040. The van der Waals surface area contributed by atoms with Crippen LogP contribution in [-0.4, -0.2) is 25.7 Å². The highest BCUT2D eigenvalue weighted by Gasteiger charge is 2.48. The minimum Gasteiger partial charge on any atom is -0.501 e. The van der Waals surface area contributed by atoms with Crippen molar-refractivity contribution in [2.75, 3.05) is 20.7 Å². The van der Waals surface area contributed by atoms with Gasteiger partial charge in [0.05, 0.1) is 7.11 Å². The Morgan fingerprint density at radius 3 is 2.78 bits per heavy atom. The van der Waals surface area contributed by atoms with Gasteiger partial charge in [-0.15, -0.1) is 0 Å². The zero-order valence-corrected chi connectivity index (χ0v) is 19.1. The summed E-state index contributed by atoms with van der Waals surface area (Å²) in [6.45, 7) is 3.32. The molecule has 178 valence electrons. The second kappa shape index (κ2) is 9.43. The Kier molecular flexibility index (Phi) is 6.80. The predicted molar refractivity (Wildman–Crippen MR) is 137 cm³/mol. The summed E-state index contributed by atoms with van der Waals surface area (Å²) in [7, 11) is 3.69. The summed E-state index contributed by atoms with van der Waals surface area (Å²) < 4.78 is 20.3. The number of ether oxygens (including phenoxy) is 1. The number of aromatic amines is 1. The van der Waals surface area contributed by atoms with E-state index in [0.29, 0.717) is 11.8 Å². The summed E-state index contributed by atoms with van der Waals surface area (Å²) in [4.78, 5) is 3.58. The summed E-state index contributed by atoms with van der Waals surface area (Å²) in [5.74, 6) is 2.75. The molecule has 4 unspecified atom stereocenters. The van der Waals surface area contributed by atoms with E-state index < -0.39 is 0 Å². The second-order valence-corrected chi connectivity index (χ2v) is 9.91. The van der Waals surface area contributed by atoms with Crippen LogP contribution in [0, 0.1) is 24.7 Å².